The highest BCUT2D eigenvalue weighted by Gasteiger charge is 2.11. The monoisotopic (exact) mass is 342 g/mol. The van der Waals surface area contributed by atoms with E-state index in [1.807, 2.05) is 36.6 Å². The molecule has 0 bridgehead atoms. The second-order valence-corrected chi connectivity index (χ2v) is 6.15. The van der Waals surface area contributed by atoms with Crippen LogP contribution in [0.15, 0.2) is 41.8 Å². The van der Waals surface area contributed by atoms with Crippen molar-refractivity contribution in [3.63, 3.8) is 0 Å². The van der Waals surface area contributed by atoms with E-state index in [-0.39, 0.29) is 18.4 Å². The summed E-state index contributed by atoms with van der Waals surface area (Å²) < 4.78 is 2.07. The quantitative estimate of drug-likeness (QED) is 0.721. The van der Waals surface area contributed by atoms with Gasteiger partial charge >= 0.3 is 0 Å². The Morgan fingerprint density at radius 3 is 2.75 bits per heavy atom. The maximum Gasteiger partial charge on any atom is 0.261 e. The SMILES string of the molecule is CCn1c(CNC(=O)CNC(=O)c2cccs2)nc2ccccc21. The van der Waals surface area contributed by atoms with Gasteiger partial charge in [-0.3, -0.25) is 9.59 Å². The fourth-order valence-corrected chi connectivity index (χ4v) is 3.15. The number of aromatic nitrogens is 2. The van der Waals surface area contributed by atoms with Crippen LogP contribution in [0.5, 0.6) is 0 Å². The number of carbonyl (C=O) groups excluding carboxylic acids is 2. The van der Waals surface area contributed by atoms with Crippen molar-refractivity contribution in [2.45, 2.75) is 20.0 Å². The van der Waals surface area contributed by atoms with Gasteiger partial charge < -0.3 is 15.2 Å². The number of aryl methyl sites for hydroxylation is 1. The molecule has 6 nitrogen and oxygen atoms in total. The second kappa shape index (κ2) is 7.27. The predicted molar refractivity (Wildman–Crippen MR) is 93.9 cm³/mol. The minimum Gasteiger partial charge on any atom is -0.347 e. The number of nitrogens with one attached hydrogen (secondary N) is 2. The molecule has 7 heteroatoms. The van der Waals surface area contributed by atoms with Crippen LogP contribution in [-0.4, -0.2) is 27.9 Å². The molecule has 124 valence electrons. The van der Waals surface area contributed by atoms with E-state index >= 15 is 0 Å². The van der Waals surface area contributed by atoms with Crippen molar-refractivity contribution in [3.8, 4) is 0 Å². The second-order valence-electron chi connectivity index (χ2n) is 5.20. The minimum atomic E-state index is -0.241. The van der Waals surface area contributed by atoms with Crippen LogP contribution in [0.4, 0.5) is 0 Å². The Balaban J connectivity index is 1.57. The molecule has 2 aromatic heterocycles. The van der Waals surface area contributed by atoms with Gasteiger partial charge in [-0.15, -0.1) is 11.3 Å². The van der Waals surface area contributed by atoms with Gasteiger partial charge in [0.2, 0.25) is 5.91 Å². The first-order valence-corrected chi connectivity index (χ1v) is 8.59. The van der Waals surface area contributed by atoms with Gasteiger partial charge in [0.1, 0.15) is 5.82 Å². The Hall–Kier alpha value is -2.67. The molecule has 24 heavy (non-hydrogen) atoms. The van der Waals surface area contributed by atoms with Crippen LogP contribution in [0.1, 0.15) is 22.4 Å². The van der Waals surface area contributed by atoms with Gasteiger partial charge in [-0.05, 0) is 30.5 Å². The maximum absolute atomic E-state index is 11.9. The van der Waals surface area contributed by atoms with Crippen LogP contribution in [0.3, 0.4) is 0 Å². The van der Waals surface area contributed by atoms with Crippen molar-refractivity contribution >= 4 is 34.2 Å². The summed E-state index contributed by atoms with van der Waals surface area (Å²) >= 11 is 1.34. The van der Waals surface area contributed by atoms with E-state index in [0.29, 0.717) is 11.4 Å². The summed E-state index contributed by atoms with van der Waals surface area (Å²) in [5.41, 5.74) is 1.96. The van der Waals surface area contributed by atoms with E-state index in [9.17, 15) is 9.59 Å². The van der Waals surface area contributed by atoms with Crippen LogP contribution in [0.2, 0.25) is 0 Å². The van der Waals surface area contributed by atoms with Crippen LogP contribution in [0.25, 0.3) is 11.0 Å². The lowest BCUT2D eigenvalue weighted by Crippen LogP contribution is -2.36. The van der Waals surface area contributed by atoms with Gasteiger partial charge in [0.15, 0.2) is 0 Å². The van der Waals surface area contributed by atoms with Crippen molar-refractivity contribution in [2.24, 2.45) is 0 Å². The number of thiophene rings is 1. The zero-order chi connectivity index (χ0) is 16.9. The topological polar surface area (TPSA) is 76.0 Å². The summed E-state index contributed by atoms with van der Waals surface area (Å²) in [6.07, 6.45) is 0. The van der Waals surface area contributed by atoms with Gasteiger partial charge in [0, 0.05) is 6.54 Å². The highest BCUT2D eigenvalue weighted by Crippen LogP contribution is 2.15. The summed E-state index contributed by atoms with van der Waals surface area (Å²) in [5, 5.41) is 7.23. The number of rotatable bonds is 6. The first kappa shape index (κ1) is 16.2. The Morgan fingerprint density at radius 1 is 1.17 bits per heavy atom. The molecule has 2 heterocycles. The van der Waals surface area contributed by atoms with Crippen molar-refractivity contribution in [3.05, 3.63) is 52.5 Å². The summed E-state index contributed by atoms with van der Waals surface area (Å²) in [6.45, 7) is 3.10. The van der Waals surface area contributed by atoms with Gasteiger partial charge in [0.05, 0.1) is 29.0 Å². The fraction of sp³-hybridized carbons (Fsp3) is 0.235. The van der Waals surface area contributed by atoms with E-state index in [2.05, 4.69) is 20.2 Å². The number of benzene rings is 1. The lowest BCUT2D eigenvalue weighted by atomic mass is 10.3. The summed E-state index contributed by atoms with van der Waals surface area (Å²) in [6, 6.07) is 11.4. The van der Waals surface area contributed by atoms with E-state index in [0.717, 1.165) is 23.4 Å². The fourth-order valence-electron chi connectivity index (χ4n) is 2.51. The predicted octanol–water partition coefficient (Wildman–Crippen LogP) is 2.16. The third-order valence-electron chi connectivity index (χ3n) is 3.65. The lowest BCUT2D eigenvalue weighted by Gasteiger charge is -2.08. The first-order valence-electron chi connectivity index (χ1n) is 7.71. The third kappa shape index (κ3) is 3.46. The third-order valence-corrected chi connectivity index (χ3v) is 4.52. The molecule has 0 saturated heterocycles. The number of amides is 2. The minimum absolute atomic E-state index is 0.0525. The molecule has 0 aliphatic heterocycles. The number of para-hydroxylation sites is 2. The maximum atomic E-state index is 11.9. The van der Waals surface area contributed by atoms with Crippen LogP contribution in [-0.2, 0) is 17.9 Å². The molecule has 0 spiro atoms. The normalized spacial score (nSPS) is 10.7. The molecule has 0 aliphatic rings. The molecular weight excluding hydrogens is 324 g/mol. The van der Waals surface area contributed by atoms with Gasteiger partial charge in [0.25, 0.3) is 5.91 Å². The molecule has 0 fully saturated rings. The van der Waals surface area contributed by atoms with Gasteiger partial charge in [-0.1, -0.05) is 18.2 Å². The molecule has 3 aromatic rings. The zero-order valence-electron chi connectivity index (χ0n) is 13.3. The Morgan fingerprint density at radius 2 is 2.00 bits per heavy atom. The molecule has 0 radical (unpaired) electrons. The molecule has 2 amide bonds. The number of fused-ring (bicyclic) bond motifs is 1. The molecule has 1 aromatic carbocycles. The van der Waals surface area contributed by atoms with Crippen LogP contribution >= 0.6 is 11.3 Å². The first-order chi connectivity index (χ1) is 11.7. The molecule has 0 saturated carbocycles. The average Bonchev–Trinajstić information content (AvgIpc) is 3.24. The molecular formula is C17H18N4O2S. The number of imidazole rings is 1. The summed E-state index contributed by atoms with van der Waals surface area (Å²) in [5.74, 6) is 0.326. The van der Waals surface area contributed by atoms with E-state index in [1.54, 1.807) is 12.1 Å². The summed E-state index contributed by atoms with van der Waals surface area (Å²) in [4.78, 5) is 28.9. The molecule has 0 unspecified atom stereocenters. The van der Waals surface area contributed by atoms with Crippen molar-refractivity contribution < 1.29 is 9.59 Å². The molecule has 2 N–H and O–H groups in total. The van der Waals surface area contributed by atoms with Gasteiger partial charge in [-0.25, -0.2) is 4.98 Å². The Kier molecular flexibility index (Phi) is 4.90. The molecule has 0 atom stereocenters. The van der Waals surface area contributed by atoms with Crippen molar-refractivity contribution in [1.29, 1.82) is 0 Å². The highest BCUT2D eigenvalue weighted by molar-refractivity contribution is 7.12. The van der Waals surface area contributed by atoms with E-state index in [4.69, 9.17) is 0 Å². The van der Waals surface area contributed by atoms with E-state index in [1.165, 1.54) is 11.3 Å². The largest absolute Gasteiger partial charge is 0.347 e. The van der Waals surface area contributed by atoms with E-state index < -0.39 is 0 Å². The van der Waals surface area contributed by atoms with Crippen LogP contribution < -0.4 is 10.6 Å². The number of carbonyl (C=O) groups is 2. The number of hydrogen-bond acceptors (Lipinski definition) is 4. The smallest absolute Gasteiger partial charge is 0.261 e. The standard InChI is InChI=1S/C17H18N4O2S/c1-2-21-13-7-4-3-6-12(13)20-15(21)10-18-16(22)11-19-17(23)14-8-5-9-24-14/h3-9H,2,10-11H2,1H3,(H,18,22)(H,19,23). The summed E-state index contributed by atoms with van der Waals surface area (Å²) in [7, 11) is 0. The average molecular weight is 342 g/mol. The van der Waals surface area contributed by atoms with Crippen LogP contribution in [0, 0.1) is 0 Å². The number of nitrogens with zero attached hydrogens (tertiary/aromatic N) is 2. The highest BCUT2D eigenvalue weighted by atomic mass is 32.1. The van der Waals surface area contributed by atoms with Gasteiger partial charge in [-0.2, -0.15) is 0 Å². The van der Waals surface area contributed by atoms with Crippen molar-refractivity contribution in [2.75, 3.05) is 6.54 Å². The lowest BCUT2D eigenvalue weighted by molar-refractivity contribution is -0.120. The molecule has 0 aliphatic carbocycles. The van der Waals surface area contributed by atoms with Crippen molar-refractivity contribution in [1.82, 2.24) is 20.2 Å². The Labute approximate surface area is 143 Å². The Bertz CT molecular complexity index is 855. The zero-order valence-corrected chi connectivity index (χ0v) is 14.1. The molecule has 3 rings (SSSR count). The number of hydrogen-bond donors (Lipinski definition) is 2.